The highest BCUT2D eigenvalue weighted by Crippen LogP contribution is 2.25. The van der Waals surface area contributed by atoms with Crippen LogP contribution < -0.4 is 10.6 Å². The van der Waals surface area contributed by atoms with E-state index >= 15 is 0 Å². The Hall–Kier alpha value is -0.650. The van der Waals surface area contributed by atoms with E-state index in [-0.39, 0.29) is 12.0 Å². The van der Waals surface area contributed by atoms with Crippen molar-refractivity contribution in [2.24, 2.45) is 5.92 Å². The molecule has 0 heterocycles. The molecule has 1 aliphatic carbocycles. The number of methoxy groups -OCH3 is 1. The van der Waals surface area contributed by atoms with E-state index in [0.29, 0.717) is 25.6 Å². The van der Waals surface area contributed by atoms with Crippen molar-refractivity contribution in [2.75, 3.05) is 33.4 Å². The summed E-state index contributed by atoms with van der Waals surface area (Å²) in [5.74, 6) is 0.562. The van der Waals surface area contributed by atoms with Gasteiger partial charge in [0.15, 0.2) is 0 Å². The van der Waals surface area contributed by atoms with Crippen LogP contribution in [-0.2, 0) is 9.53 Å². The molecular formula is C11H22N2O3. The summed E-state index contributed by atoms with van der Waals surface area (Å²) in [6.45, 7) is 2.52. The van der Waals surface area contributed by atoms with Gasteiger partial charge in [-0.05, 0) is 31.7 Å². The first-order valence-corrected chi connectivity index (χ1v) is 5.86. The number of nitrogens with one attached hydrogen (secondary N) is 2. The van der Waals surface area contributed by atoms with Crippen LogP contribution in [0.15, 0.2) is 0 Å². The zero-order valence-electron chi connectivity index (χ0n) is 9.87. The second kappa shape index (κ2) is 7.60. The average Bonchev–Trinajstić information content (AvgIpc) is 2.22. The topological polar surface area (TPSA) is 70.6 Å². The molecule has 1 rings (SSSR count). The summed E-state index contributed by atoms with van der Waals surface area (Å²) in [5.41, 5.74) is 0. The number of carbonyl (C=O) groups is 1. The molecule has 1 amide bonds. The number of hydrogen-bond acceptors (Lipinski definition) is 4. The Morgan fingerprint density at radius 1 is 1.50 bits per heavy atom. The zero-order valence-corrected chi connectivity index (χ0v) is 9.87. The summed E-state index contributed by atoms with van der Waals surface area (Å²) in [4.78, 5) is 11.3. The number of amides is 1. The van der Waals surface area contributed by atoms with E-state index < -0.39 is 0 Å². The van der Waals surface area contributed by atoms with Gasteiger partial charge >= 0.3 is 0 Å². The molecule has 0 saturated heterocycles. The number of carbonyl (C=O) groups excluding carboxylic acids is 1. The quantitative estimate of drug-likeness (QED) is 0.492. The van der Waals surface area contributed by atoms with Crippen LogP contribution in [0.1, 0.15) is 19.3 Å². The second-order valence-electron chi connectivity index (χ2n) is 4.32. The van der Waals surface area contributed by atoms with Crippen molar-refractivity contribution in [1.29, 1.82) is 0 Å². The highest BCUT2D eigenvalue weighted by Gasteiger charge is 2.26. The van der Waals surface area contributed by atoms with Gasteiger partial charge < -0.3 is 20.5 Å². The van der Waals surface area contributed by atoms with E-state index in [1.165, 1.54) is 0 Å². The molecule has 0 bridgehead atoms. The van der Waals surface area contributed by atoms with Gasteiger partial charge in [0.25, 0.3) is 0 Å². The van der Waals surface area contributed by atoms with Gasteiger partial charge in [0.05, 0.1) is 12.6 Å². The van der Waals surface area contributed by atoms with Crippen molar-refractivity contribution >= 4 is 5.91 Å². The van der Waals surface area contributed by atoms with E-state index in [0.717, 1.165) is 25.8 Å². The summed E-state index contributed by atoms with van der Waals surface area (Å²) in [6, 6.07) is 0. The Kier molecular flexibility index (Phi) is 6.37. The number of rotatable bonds is 8. The SMILES string of the molecule is COCCCNC(=O)CNCC1CC(O)C1. The standard InChI is InChI=1S/C11H22N2O3/c1-16-4-2-3-13-11(15)8-12-7-9-5-10(14)6-9/h9-10,12,14H,2-8H2,1H3,(H,13,15). The first-order valence-electron chi connectivity index (χ1n) is 5.86. The third-order valence-corrected chi connectivity index (χ3v) is 2.78. The zero-order chi connectivity index (χ0) is 11.8. The van der Waals surface area contributed by atoms with E-state index in [1.807, 2.05) is 0 Å². The minimum Gasteiger partial charge on any atom is -0.393 e. The van der Waals surface area contributed by atoms with E-state index in [4.69, 9.17) is 9.84 Å². The van der Waals surface area contributed by atoms with Crippen LogP contribution in [0.2, 0.25) is 0 Å². The van der Waals surface area contributed by atoms with Crippen molar-refractivity contribution in [3.63, 3.8) is 0 Å². The van der Waals surface area contributed by atoms with Crippen LogP contribution in [0.4, 0.5) is 0 Å². The Balaban J connectivity index is 1.86. The van der Waals surface area contributed by atoms with E-state index in [2.05, 4.69) is 10.6 Å². The first kappa shape index (κ1) is 13.4. The summed E-state index contributed by atoms with van der Waals surface area (Å²) >= 11 is 0. The van der Waals surface area contributed by atoms with Crippen LogP contribution in [0.5, 0.6) is 0 Å². The molecule has 0 aromatic rings. The van der Waals surface area contributed by atoms with Crippen LogP contribution in [0, 0.1) is 5.92 Å². The maximum absolute atomic E-state index is 11.3. The molecule has 0 aromatic carbocycles. The number of aliphatic hydroxyl groups excluding tert-OH is 1. The molecule has 1 saturated carbocycles. The van der Waals surface area contributed by atoms with Crippen molar-refractivity contribution < 1.29 is 14.6 Å². The van der Waals surface area contributed by atoms with Gasteiger partial charge in [-0.3, -0.25) is 4.79 Å². The van der Waals surface area contributed by atoms with Crippen molar-refractivity contribution in [3.05, 3.63) is 0 Å². The normalized spacial score (nSPS) is 23.9. The molecule has 1 fully saturated rings. The molecule has 3 N–H and O–H groups in total. The lowest BCUT2D eigenvalue weighted by molar-refractivity contribution is -0.120. The highest BCUT2D eigenvalue weighted by atomic mass is 16.5. The maximum atomic E-state index is 11.3. The lowest BCUT2D eigenvalue weighted by Gasteiger charge is -2.31. The monoisotopic (exact) mass is 230 g/mol. The van der Waals surface area contributed by atoms with Gasteiger partial charge in [-0.2, -0.15) is 0 Å². The third kappa shape index (κ3) is 5.44. The van der Waals surface area contributed by atoms with Crippen LogP contribution in [0.3, 0.4) is 0 Å². The highest BCUT2D eigenvalue weighted by molar-refractivity contribution is 5.77. The van der Waals surface area contributed by atoms with Gasteiger partial charge in [0.1, 0.15) is 0 Å². The van der Waals surface area contributed by atoms with Crippen molar-refractivity contribution in [2.45, 2.75) is 25.4 Å². The summed E-state index contributed by atoms with van der Waals surface area (Å²) in [7, 11) is 1.65. The van der Waals surface area contributed by atoms with Crippen LogP contribution in [-0.4, -0.2) is 50.5 Å². The fourth-order valence-electron chi connectivity index (χ4n) is 1.76. The Labute approximate surface area is 96.6 Å². The van der Waals surface area contributed by atoms with Gasteiger partial charge in [-0.1, -0.05) is 0 Å². The van der Waals surface area contributed by atoms with Gasteiger partial charge in [-0.25, -0.2) is 0 Å². The molecule has 5 nitrogen and oxygen atoms in total. The summed E-state index contributed by atoms with van der Waals surface area (Å²) in [6.07, 6.45) is 2.46. The minimum absolute atomic E-state index is 0.0241. The first-order chi connectivity index (χ1) is 7.72. The fraction of sp³-hybridized carbons (Fsp3) is 0.909. The lowest BCUT2D eigenvalue weighted by atomic mass is 9.82. The molecule has 5 heteroatoms. The van der Waals surface area contributed by atoms with Gasteiger partial charge in [0, 0.05) is 20.3 Å². The van der Waals surface area contributed by atoms with Gasteiger partial charge in [-0.15, -0.1) is 0 Å². The minimum atomic E-state index is -0.116. The van der Waals surface area contributed by atoms with Crippen LogP contribution >= 0.6 is 0 Å². The third-order valence-electron chi connectivity index (χ3n) is 2.78. The van der Waals surface area contributed by atoms with Gasteiger partial charge in [0.2, 0.25) is 5.91 Å². The molecule has 0 unspecified atom stereocenters. The average molecular weight is 230 g/mol. The molecule has 0 atom stereocenters. The van der Waals surface area contributed by atoms with Crippen molar-refractivity contribution in [1.82, 2.24) is 10.6 Å². The Morgan fingerprint density at radius 3 is 2.88 bits per heavy atom. The smallest absolute Gasteiger partial charge is 0.233 e. The lowest BCUT2D eigenvalue weighted by Crippen LogP contribution is -2.40. The number of ether oxygens (including phenoxy) is 1. The summed E-state index contributed by atoms with van der Waals surface area (Å²) in [5, 5.41) is 15.0. The fourth-order valence-corrected chi connectivity index (χ4v) is 1.76. The van der Waals surface area contributed by atoms with Crippen LogP contribution in [0.25, 0.3) is 0 Å². The largest absolute Gasteiger partial charge is 0.393 e. The molecular weight excluding hydrogens is 208 g/mol. The predicted molar refractivity (Wildman–Crippen MR) is 61.1 cm³/mol. The molecule has 0 radical (unpaired) electrons. The molecule has 16 heavy (non-hydrogen) atoms. The van der Waals surface area contributed by atoms with Crippen molar-refractivity contribution in [3.8, 4) is 0 Å². The molecule has 0 aliphatic heterocycles. The second-order valence-corrected chi connectivity index (χ2v) is 4.32. The van der Waals surface area contributed by atoms with E-state index in [1.54, 1.807) is 7.11 Å². The molecule has 94 valence electrons. The molecule has 0 aromatic heterocycles. The number of aliphatic hydroxyl groups is 1. The Bertz CT molecular complexity index is 205. The predicted octanol–water partition coefficient (Wildman–Crippen LogP) is -0.500. The summed E-state index contributed by atoms with van der Waals surface area (Å²) < 4.78 is 4.88. The van der Waals surface area contributed by atoms with E-state index in [9.17, 15) is 4.79 Å². The maximum Gasteiger partial charge on any atom is 0.233 e. The molecule has 1 aliphatic rings. The molecule has 0 spiro atoms. The Morgan fingerprint density at radius 2 is 2.25 bits per heavy atom. The number of hydrogen-bond donors (Lipinski definition) is 3.